The number of carbonyl (C=O) groups is 1. The fourth-order valence-corrected chi connectivity index (χ4v) is 1.28. The lowest BCUT2D eigenvalue weighted by Crippen LogP contribution is -2.39. The summed E-state index contributed by atoms with van der Waals surface area (Å²) in [5.74, 6) is 0.121. The van der Waals surface area contributed by atoms with Crippen LogP contribution in [0.5, 0.6) is 0 Å². The summed E-state index contributed by atoms with van der Waals surface area (Å²) in [7, 11) is 0. The van der Waals surface area contributed by atoms with Crippen molar-refractivity contribution in [1.82, 2.24) is 10.2 Å². The first kappa shape index (κ1) is 14.4. The summed E-state index contributed by atoms with van der Waals surface area (Å²) in [6, 6.07) is 0. The summed E-state index contributed by atoms with van der Waals surface area (Å²) < 4.78 is 0. The van der Waals surface area contributed by atoms with Crippen LogP contribution in [0.1, 0.15) is 34.1 Å². The van der Waals surface area contributed by atoms with Crippen LogP contribution in [-0.4, -0.2) is 47.7 Å². The van der Waals surface area contributed by atoms with Crippen LogP contribution in [0.4, 0.5) is 0 Å². The third-order valence-electron chi connectivity index (χ3n) is 2.31. The Morgan fingerprint density at radius 2 is 1.87 bits per heavy atom. The molecule has 0 saturated heterocycles. The number of nitrogens with zero attached hydrogens (tertiary/aromatic N) is 1. The predicted molar refractivity (Wildman–Crippen MR) is 61.7 cm³/mol. The molecule has 0 fully saturated rings. The van der Waals surface area contributed by atoms with Crippen LogP contribution < -0.4 is 5.32 Å². The van der Waals surface area contributed by atoms with Crippen LogP contribution in [0.15, 0.2) is 0 Å². The van der Waals surface area contributed by atoms with Crippen molar-refractivity contribution in [2.75, 3.05) is 26.2 Å². The molecular weight excluding hydrogens is 192 g/mol. The van der Waals surface area contributed by atoms with Crippen LogP contribution in [0.2, 0.25) is 0 Å². The summed E-state index contributed by atoms with van der Waals surface area (Å²) in [6.45, 7) is 10.00. The lowest BCUT2D eigenvalue weighted by atomic mass is 10.1. The average molecular weight is 216 g/mol. The molecule has 4 heteroatoms. The third-order valence-corrected chi connectivity index (χ3v) is 2.31. The zero-order chi connectivity index (χ0) is 11.9. The fourth-order valence-electron chi connectivity index (χ4n) is 1.28. The number of nitrogens with one attached hydrogen (secondary N) is 1. The van der Waals surface area contributed by atoms with Gasteiger partial charge in [-0.1, -0.05) is 0 Å². The fraction of sp³-hybridized carbons (Fsp3) is 0.909. The van der Waals surface area contributed by atoms with Crippen LogP contribution >= 0.6 is 0 Å². The van der Waals surface area contributed by atoms with Crippen molar-refractivity contribution in [3.05, 3.63) is 0 Å². The number of amides is 1. The van der Waals surface area contributed by atoms with Gasteiger partial charge in [0, 0.05) is 13.1 Å². The topological polar surface area (TPSA) is 52.6 Å². The molecule has 0 bridgehead atoms. The van der Waals surface area contributed by atoms with Crippen molar-refractivity contribution in [3.8, 4) is 0 Å². The second-order valence-corrected chi connectivity index (χ2v) is 4.31. The Kier molecular flexibility index (Phi) is 6.52. The highest BCUT2D eigenvalue weighted by atomic mass is 16.3. The largest absolute Gasteiger partial charge is 0.390 e. The number of hydrogen-bond acceptors (Lipinski definition) is 3. The lowest BCUT2D eigenvalue weighted by molar-refractivity contribution is -0.129. The molecule has 1 amide bonds. The molecule has 0 heterocycles. The molecule has 0 aliphatic heterocycles. The SMILES string of the molecule is CCN(CC)C(=O)CNCCC(C)(C)O. The Labute approximate surface area is 92.7 Å². The van der Waals surface area contributed by atoms with E-state index >= 15 is 0 Å². The molecule has 0 saturated carbocycles. The number of carbonyl (C=O) groups excluding carboxylic acids is 1. The van der Waals surface area contributed by atoms with Gasteiger partial charge in [-0.15, -0.1) is 0 Å². The molecule has 0 aromatic heterocycles. The van der Waals surface area contributed by atoms with E-state index in [0.29, 0.717) is 19.5 Å². The molecule has 15 heavy (non-hydrogen) atoms. The maximum atomic E-state index is 11.5. The van der Waals surface area contributed by atoms with E-state index in [1.165, 1.54) is 0 Å². The van der Waals surface area contributed by atoms with Crippen LogP contribution in [0.3, 0.4) is 0 Å². The molecule has 0 atom stereocenters. The quantitative estimate of drug-likeness (QED) is 0.613. The molecule has 2 N–H and O–H groups in total. The van der Waals surface area contributed by atoms with Gasteiger partial charge in [0.05, 0.1) is 12.1 Å². The second kappa shape index (κ2) is 6.80. The van der Waals surface area contributed by atoms with Gasteiger partial charge in [-0.05, 0) is 40.7 Å². The monoisotopic (exact) mass is 216 g/mol. The van der Waals surface area contributed by atoms with Gasteiger partial charge in [-0.25, -0.2) is 0 Å². The number of rotatable bonds is 7. The van der Waals surface area contributed by atoms with Crippen molar-refractivity contribution >= 4 is 5.91 Å². The van der Waals surface area contributed by atoms with Gasteiger partial charge < -0.3 is 15.3 Å². The standard InChI is InChI=1S/C11H24N2O2/c1-5-13(6-2)10(14)9-12-8-7-11(3,4)15/h12,15H,5-9H2,1-4H3. The molecule has 0 aliphatic rings. The van der Waals surface area contributed by atoms with Crippen molar-refractivity contribution < 1.29 is 9.90 Å². The van der Waals surface area contributed by atoms with Crippen molar-refractivity contribution in [2.24, 2.45) is 0 Å². The minimum Gasteiger partial charge on any atom is -0.390 e. The van der Waals surface area contributed by atoms with E-state index in [4.69, 9.17) is 0 Å². The first-order valence-corrected chi connectivity index (χ1v) is 5.61. The lowest BCUT2D eigenvalue weighted by Gasteiger charge is -2.20. The van der Waals surface area contributed by atoms with Gasteiger partial charge in [0.15, 0.2) is 0 Å². The van der Waals surface area contributed by atoms with E-state index in [9.17, 15) is 9.90 Å². The Balaban J connectivity index is 3.63. The van der Waals surface area contributed by atoms with E-state index < -0.39 is 5.60 Å². The smallest absolute Gasteiger partial charge is 0.236 e. The van der Waals surface area contributed by atoms with E-state index in [2.05, 4.69) is 5.32 Å². The minimum atomic E-state index is -0.661. The molecule has 0 aliphatic carbocycles. The summed E-state index contributed by atoms with van der Waals surface area (Å²) in [5, 5.41) is 12.5. The van der Waals surface area contributed by atoms with Crippen LogP contribution in [0, 0.1) is 0 Å². The Morgan fingerprint density at radius 3 is 2.27 bits per heavy atom. The highest BCUT2D eigenvalue weighted by molar-refractivity contribution is 5.78. The maximum absolute atomic E-state index is 11.5. The van der Waals surface area contributed by atoms with Crippen molar-refractivity contribution in [2.45, 2.75) is 39.7 Å². The van der Waals surface area contributed by atoms with Crippen LogP contribution in [-0.2, 0) is 4.79 Å². The summed E-state index contributed by atoms with van der Waals surface area (Å²) in [4.78, 5) is 13.3. The van der Waals surface area contributed by atoms with E-state index in [1.807, 2.05) is 13.8 Å². The number of likely N-dealkylation sites (N-methyl/N-ethyl adjacent to an activating group) is 1. The molecule has 4 nitrogen and oxygen atoms in total. The van der Waals surface area contributed by atoms with Crippen molar-refractivity contribution in [1.29, 1.82) is 0 Å². The highest BCUT2D eigenvalue weighted by Gasteiger charge is 2.12. The van der Waals surface area contributed by atoms with Gasteiger partial charge in [0.2, 0.25) is 5.91 Å². The number of hydrogen-bond donors (Lipinski definition) is 2. The van der Waals surface area contributed by atoms with Gasteiger partial charge >= 0.3 is 0 Å². The molecule has 90 valence electrons. The highest BCUT2D eigenvalue weighted by Crippen LogP contribution is 2.04. The zero-order valence-corrected chi connectivity index (χ0v) is 10.3. The van der Waals surface area contributed by atoms with Gasteiger partial charge in [0.25, 0.3) is 0 Å². The molecule has 0 rings (SSSR count). The Morgan fingerprint density at radius 1 is 1.33 bits per heavy atom. The third kappa shape index (κ3) is 7.33. The normalized spacial score (nSPS) is 11.5. The second-order valence-electron chi connectivity index (χ2n) is 4.31. The van der Waals surface area contributed by atoms with E-state index in [-0.39, 0.29) is 5.91 Å². The van der Waals surface area contributed by atoms with E-state index in [1.54, 1.807) is 18.7 Å². The van der Waals surface area contributed by atoms with Crippen molar-refractivity contribution in [3.63, 3.8) is 0 Å². The molecule has 0 aromatic carbocycles. The molecule has 0 unspecified atom stereocenters. The maximum Gasteiger partial charge on any atom is 0.236 e. The first-order chi connectivity index (χ1) is 6.90. The predicted octanol–water partition coefficient (Wildman–Crippen LogP) is 0.605. The summed E-state index contributed by atoms with van der Waals surface area (Å²) >= 11 is 0. The average Bonchev–Trinajstić information content (AvgIpc) is 2.13. The molecule has 0 spiro atoms. The van der Waals surface area contributed by atoms with E-state index in [0.717, 1.165) is 13.1 Å². The molecular formula is C11H24N2O2. The van der Waals surface area contributed by atoms with Gasteiger partial charge in [-0.2, -0.15) is 0 Å². The summed E-state index contributed by atoms with van der Waals surface area (Å²) in [6.07, 6.45) is 0.651. The Bertz CT molecular complexity index is 184. The van der Waals surface area contributed by atoms with Gasteiger partial charge in [0.1, 0.15) is 0 Å². The van der Waals surface area contributed by atoms with Gasteiger partial charge in [-0.3, -0.25) is 4.79 Å². The zero-order valence-electron chi connectivity index (χ0n) is 10.3. The number of aliphatic hydroxyl groups is 1. The molecule has 0 aromatic rings. The minimum absolute atomic E-state index is 0.121. The molecule has 0 radical (unpaired) electrons. The Hall–Kier alpha value is -0.610. The summed E-state index contributed by atoms with van der Waals surface area (Å²) in [5.41, 5.74) is -0.661. The first-order valence-electron chi connectivity index (χ1n) is 5.61. The van der Waals surface area contributed by atoms with Crippen LogP contribution in [0.25, 0.3) is 0 Å².